The van der Waals surface area contributed by atoms with Gasteiger partial charge in [0, 0.05) is 44.8 Å². The Hall–Kier alpha value is -4.56. The van der Waals surface area contributed by atoms with Crippen molar-refractivity contribution in [2.24, 2.45) is 5.92 Å². The molecule has 0 atom stereocenters. The van der Waals surface area contributed by atoms with Gasteiger partial charge >= 0.3 is 0 Å². The van der Waals surface area contributed by atoms with Crippen molar-refractivity contribution in [2.45, 2.75) is 39.5 Å². The van der Waals surface area contributed by atoms with Crippen LogP contribution in [0, 0.1) is 12.8 Å². The fraction of sp³-hybridized carbons (Fsp3) is 0.212. The van der Waals surface area contributed by atoms with Crippen molar-refractivity contribution in [2.75, 3.05) is 5.32 Å². The second-order valence-corrected chi connectivity index (χ2v) is 11.6. The van der Waals surface area contributed by atoms with Gasteiger partial charge in [-0.05, 0) is 68.7 Å². The van der Waals surface area contributed by atoms with Gasteiger partial charge in [-0.3, -0.25) is 19.7 Å². The van der Waals surface area contributed by atoms with E-state index in [2.05, 4.69) is 44.2 Å². The number of hydrogen-bond acceptors (Lipinski definition) is 5. The highest BCUT2D eigenvalue weighted by molar-refractivity contribution is 7.15. The number of carbonyl (C=O) groups excluding carboxylic acids is 2. The van der Waals surface area contributed by atoms with Crippen LogP contribution >= 0.6 is 11.3 Å². The first-order valence-electron chi connectivity index (χ1n) is 13.8. The summed E-state index contributed by atoms with van der Waals surface area (Å²) < 4.78 is 0. The summed E-state index contributed by atoms with van der Waals surface area (Å²) in [4.78, 5) is 34.2. The van der Waals surface area contributed by atoms with Crippen LogP contribution in [0.1, 0.15) is 58.4 Å². The van der Waals surface area contributed by atoms with Gasteiger partial charge in [0.15, 0.2) is 5.78 Å². The highest BCUT2D eigenvalue weighted by atomic mass is 32.1. The number of pyridine rings is 1. The lowest BCUT2D eigenvalue weighted by Crippen LogP contribution is -2.20. The third kappa shape index (κ3) is 5.30. The molecule has 1 aromatic carbocycles. The van der Waals surface area contributed by atoms with Gasteiger partial charge in [-0.1, -0.05) is 37.6 Å². The first kappa shape index (κ1) is 26.7. The molecule has 0 spiro atoms. The van der Waals surface area contributed by atoms with Crippen molar-refractivity contribution in [1.82, 2.24) is 20.2 Å². The summed E-state index contributed by atoms with van der Waals surface area (Å²) in [5, 5.41) is 11.8. The minimum atomic E-state index is 0.0569. The highest BCUT2D eigenvalue weighted by Crippen LogP contribution is 2.36. The van der Waals surface area contributed by atoms with Crippen molar-refractivity contribution in [1.29, 1.82) is 0 Å². The van der Waals surface area contributed by atoms with Crippen molar-refractivity contribution in [3.8, 4) is 22.5 Å². The number of aryl methyl sites for hydroxylation is 1. The average molecular weight is 562 g/mol. The van der Waals surface area contributed by atoms with E-state index in [-0.39, 0.29) is 17.6 Å². The molecule has 1 saturated carbocycles. The molecular weight excluding hydrogens is 530 g/mol. The Balaban J connectivity index is 1.33. The first-order chi connectivity index (χ1) is 19.9. The van der Waals surface area contributed by atoms with Crippen LogP contribution in [0.15, 0.2) is 73.6 Å². The van der Waals surface area contributed by atoms with E-state index in [4.69, 9.17) is 0 Å². The largest absolute Gasteiger partial charge is 0.357 e. The maximum atomic E-state index is 12.7. The highest BCUT2D eigenvalue weighted by Gasteiger charge is 2.23. The number of H-pyrrole nitrogens is 2. The molecule has 41 heavy (non-hydrogen) atoms. The maximum absolute atomic E-state index is 12.7. The standard InChI is InChI=1S/C33H31N5O2S/c1-4-7-25(31-13-12-30(41-31)20(3)39)26-16-29(35-19(26)2)32-27-15-22(10-11-28(27)37-38-32)23-14-24(18-34-17-23)36-33(40)21-8-5-6-9-21/h4,7,10-18,21,35H,1,5-6,8-9H2,2-3H3,(H,36,40)(H,37,38)/b25-7+. The predicted octanol–water partition coefficient (Wildman–Crippen LogP) is 7.94. The van der Waals surface area contributed by atoms with Gasteiger partial charge < -0.3 is 10.3 Å². The topological polar surface area (TPSA) is 104 Å². The lowest BCUT2D eigenvalue weighted by atomic mass is 10.0. The summed E-state index contributed by atoms with van der Waals surface area (Å²) in [6, 6.07) is 14.1. The number of ketones is 1. The van der Waals surface area contributed by atoms with Crippen LogP contribution in [0.3, 0.4) is 0 Å². The van der Waals surface area contributed by atoms with Gasteiger partial charge in [-0.2, -0.15) is 5.10 Å². The Bertz CT molecular complexity index is 1820. The van der Waals surface area contributed by atoms with E-state index in [1.807, 2.05) is 49.5 Å². The Kier molecular flexibility index (Phi) is 7.24. The summed E-state index contributed by atoms with van der Waals surface area (Å²) in [7, 11) is 0. The molecule has 0 saturated heterocycles. The maximum Gasteiger partial charge on any atom is 0.227 e. The number of nitrogens with one attached hydrogen (secondary N) is 3. The second kappa shape index (κ2) is 11.1. The van der Waals surface area contributed by atoms with Crippen LogP contribution in [0.25, 0.3) is 39.0 Å². The van der Waals surface area contributed by atoms with Crippen LogP contribution < -0.4 is 5.32 Å². The smallest absolute Gasteiger partial charge is 0.227 e. The third-order valence-electron chi connectivity index (χ3n) is 7.69. The van der Waals surface area contributed by atoms with Crippen molar-refractivity contribution < 1.29 is 9.59 Å². The molecule has 6 rings (SSSR count). The molecule has 0 radical (unpaired) electrons. The second-order valence-electron chi connectivity index (χ2n) is 10.5. The molecule has 1 fully saturated rings. The van der Waals surface area contributed by atoms with Crippen molar-refractivity contribution in [3.05, 3.63) is 94.6 Å². The third-order valence-corrected chi connectivity index (χ3v) is 8.91. The zero-order chi connectivity index (χ0) is 28.5. The molecule has 1 aliphatic rings. The van der Waals surface area contributed by atoms with Gasteiger partial charge in [0.05, 0.1) is 28.0 Å². The minimum Gasteiger partial charge on any atom is -0.357 e. The molecule has 0 aliphatic heterocycles. The van der Waals surface area contributed by atoms with Gasteiger partial charge in [0.1, 0.15) is 5.69 Å². The molecule has 206 valence electrons. The number of amides is 1. The molecule has 3 N–H and O–H groups in total. The number of rotatable bonds is 8. The van der Waals surface area contributed by atoms with E-state index < -0.39 is 0 Å². The summed E-state index contributed by atoms with van der Waals surface area (Å²) in [6.45, 7) is 7.53. The number of nitrogens with zero attached hydrogens (tertiary/aromatic N) is 2. The van der Waals surface area contributed by atoms with Gasteiger partial charge in [0.25, 0.3) is 0 Å². The molecule has 5 aromatic rings. The molecule has 4 aromatic heterocycles. The van der Waals surface area contributed by atoms with E-state index in [1.165, 1.54) is 11.3 Å². The van der Waals surface area contributed by atoms with Crippen LogP contribution in [0.2, 0.25) is 0 Å². The van der Waals surface area contributed by atoms with Gasteiger partial charge in [-0.15, -0.1) is 11.3 Å². The van der Waals surface area contributed by atoms with E-state index in [0.29, 0.717) is 5.69 Å². The Morgan fingerprint density at radius 3 is 2.61 bits per heavy atom. The molecule has 0 unspecified atom stereocenters. The normalized spacial score (nSPS) is 14.0. The fourth-order valence-electron chi connectivity index (χ4n) is 5.56. The zero-order valence-electron chi connectivity index (χ0n) is 23.1. The summed E-state index contributed by atoms with van der Waals surface area (Å²) in [6.07, 6.45) is 11.4. The fourth-order valence-corrected chi connectivity index (χ4v) is 6.50. The Morgan fingerprint density at radius 2 is 1.85 bits per heavy atom. The monoisotopic (exact) mass is 561 g/mol. The number of anilines is 1. The van der Waals surface area contributed by atoms with Crippen LogP contribution in [-0.4, -0.2) is 31.9 Å². The Labute approximate surface area is 242 Å². The first-order valence-corrected chi connectivity index (χ1v) is 14.6. The SMILES string of the molecule is C=C/C=C(/c1ccc(C(C)=O)s1)c1cc(-c2n[nH]c3ccc(-c4cncc(NC(=O)C5CCCC5)c4)cc23)[nH]c1C. The number of benzene rings is 1. The summed E-state index contributed by atoms with van der Waals surface area (Å²) >= 11 is 1.48. The molecule has 7 nitrogen and oxygen atoms in total. The number of aromatic amines is 2. The van der Waals surface area contributed by atoms with Gasteiger partial charge in [0.2, 0.25) is 5.91 Å². The zero-order valence-corrected chi connectivity index (χ0v) is 23.9. The average Bonchev–Trinajstić information content (AvgIpc) is 3.78. The molecule has 1 aliphatic carbocycles. The summed E-state index contributed by atoms with van der Waals surface area (Å²) in [5.74, 6) is 0.230. The van der Waals surface area contributed by atoms with Crippen LogP contribution in [-0.2, 0) is 4.79 Å². The summed E-state index contributed by atoms with van der Waals surface area (Å²) in [5.41, 5.74) is 8.24. The molecule has 4 heterocycles. The number of carbonyl (C=O) groups is 2. The number of fused-ring (bicyclic) bond motifs is 1. The van der Waals surface area contributed by atoms with E-state index in [9.17, 15) is 9.59 Å². The number of aromatic nitrogens is 4. The molecule has 8 heteroatoms. The number of allylic oxidation sites excluding steroid dienone is 2. The van der Waals surface area contributed by atoms with Crippen molar-refractivity contribution in [3.63, 3.8) is 0 Å². The van der Waals surface area contributed by atoms with E-state index in [0.717, 1.165) is 85.7 Å². The number of thiophene rings is 1. The lowest BCUT2D eigenvalue weighted by Gasteiger charge is -2.11. The quantitative estimate of drug-likeness (QED) is 0.132. The number of hydrogen-bond donors (Lipinski definition) is 3. The predicted molar refractivity (Wildman–Crippen MR) is 166 cm³/mol. The van der Waals surface area contributed by atoms with Gasteiger partial charge in [-0.25, -0.2) is 0 Å². The van der Waals surface area contributed by atoms with E-state index >= 15 is 0 Å². The Morgan fingerprint density at radius 1 is 1.05 bits per heavy atom. The minimum absolute atomic E-state index is 0.0569. The lowest BCUT2D eigenvalue weighted by molar-refractivity contribution is -0.119. The van der Waals surface area contributed by atoms with E-state index in [1.54, 1.807) is 19.2 Å². The van der Waals surface area contributed by atoms with Crippen LogP contribution in [0.5, 0.6) is 0 Å². The molecule has 0 bridgehead atoms. The molecular formula is C33H31N5O2S. The molecule has 1 amide bonds. The van der Waals surface area contributed by atoms with Crippen LogP contribution in [0.4, 0.5) is 5.69 Å². The number of Topliss-reactive ketones (excluding diaryl/α,β-unsaturated/α-hetero) is 1. The van der Waals surface area contributed by atoms with Crippen molar-refractivity contribution >= 4 is 45.2 Å².